The van der Waals surface area contributed by atoms with Crippen molar-refractivity contribution in [3.8, 4) is 0 Å². The van der Waals surface area contributed by atoms with Gasteiger partial charge in [-0.3, -0.25) is 0 Å². The molecule has 0 saturated heterocycles. The van der Waals surface area contributed by atoms with Crippen LogP contribution in [0, 0.1) is 5.41 Å². The number of hydrogen-bond acceptors (Lipinski definition) is 1. The molecular weight excluding hydrogens is 284 g/mol. The fourth-order valence-electron chi connectivity index (χ4n) is 3.26. The molecule has 1 aromatic rings. The molecule has 0 atom stereocenters. The zero-order valence-corrected chi connectivity index (χ0v) is 14.5. The lowest BCUT2D eigenvalue weighted by Gasteiger charge is -2.32. The smallest absolute Gasteiger partial charge is 0.335 e. The van der Waals surface area contributed by atoms with Crippen LogP contribution in [0.25, 0.3) is 6.08 Å². The Morgan fingerprint density at radius 3 is 2.43 bits per heavy atom. The van der Waals surface area contributed by atoms with Crippen LogP contribution in [0.3, 0.4) is 0 Å². The van der Waals surface area contributed by atoms with Gasteiger partial charge in [0.15, 0.2) is 0 Å². The van der Waals surface area contributed by atoms with Gasteiger partial charge >= 0.3 is 5.97 Å². The van der Waals surface area contributed by atoms with Crippen LogP contribution >= 0.6 is 0 Å². The molecule has 1 aliphatic carbocycles. The maximum atomic E-state index is 10.9. The Bertz CT molecular complexity index is 670. The normalized spacial score (nSPS) is 18.5. The van der Waals surface area contributed by atoms with Crippen molar-refractivity contribution in [2.75, 3.05) is 0 Å². The Hall–Kier alpha value is -2.09. The Balaban J connectivity index is 2.17. The highest BCUT2D eigenvalue weighted by Gasteiger charge is 2.26. The van der Waals surface area contributed by atoms with Crippen molar-refractivity contribution in [2.24, 2.45) is 5.41 Å². The van der Waals surface area contributed by atoms with Crippen molar-refractivity contribution in [1.29, 1.82) is 0 Å². The van der Waals surface area contributed by atoms with Crippen LogP contribution in [0.2, 0.25) is 0 Å². The third kappa shape index (κ3) is 4.44. The van der Waals surface area contributed by atoms with E-state index in [0.717, 1.165) is 11.1 Å². The van der Waals surface area contributed by atoms with E-state index in [-0.39, 0.29) is 5.41 Å². The SMILES string of the molecule is CC1=C(/C=C/C(C)=C/c2ccc(C(=O)O)cc2)C(C)(C)CCC1. The van der Waals surface area contributed by atoms with E-state index in [4.69, 9.17) is 5.11 Å². The molecule has 0 spiro atoms. The first kappa shape index (κ1) is 17.3. The lowest BCUT2D eigenvalue weighted by molar-refractivity contribution is 0.0697. The maximum absolute atomic E-state index is 10.9. The molecule has 1 N–H and O–H groups in total. The number of rotatable bonds is 4. The minimum Gasteiger partial charge on any atom is -0.478 e. The minimum absolute atomic E-state index is 0.252. The lowest BCUT2D eigenvalue weighted by Crippen LogP contribution is -2.19. The number of allylic oxidation sites excluding steroid dienone is 5. The van der Waals surface area contributed by atoms with Gasteiger partial charge in [0.05, 0.1) is 5.56 Å². The van der Waals surface area contributed by atoms with Crippen molar-refractivity contribution in [3.05, 3.63) is 64.3 Å². The van der Waals surface area contributed by atoms with E-state index in [1.807, 2.05) is 12.1 Å². The summed E-state index contributed by atoms with van der Waals surface area (Å²) in [4.78, 5) is 10.9. The number of carboxylic acid groups (broad SMARTS) is 1. The monoisotopic (exact) mass is 310 g/mol. The van der Waals surface area contributed by atoms with E-state index in [1.165, 1.54) is 30.4 Å². The van der Waals surface area contributed by atoms with E-state index >= 15 is 0 Å². The largest absolute Gasteiger partial charge is 0.478 e. The highest BCUT2D eigenvalue weighted by molar-refractivity contribution is 5.87. The van der Waals surface area contributed by atoms with Gasteiger partial charge in [0.1, 0.15) is 0 Å². The second kappa shape index (κ2) is 6.99. The van der Waals surface area contributed by atoms with Crippen LogP contribution in [0.5, 0.6) is 0 Å². The Morgan fingerprint density at radius 2 is 1.87 bits per heavy atom. The quantitative estimate of drug-likeness (QED) is 0.706. The fourth-order valence-corrected chi connectivity index (χ4v) is 3.26. The van der Waals surface area contributed by atoms with E-state index in [2.05, 4.69) is 45.9 Å². The summed E-state index contributed by atoms with van der Waals surface area (Å²) >= 11 is 0. The molecule has 0 unspecified atom stereocenters. The predicted molar refractivity (Wildman–Crippen MR) is 96.5 cm³/mol. The van der Waals surface area contributed by atoms with Gasteiger partial charge in [0, 0.05) is 0 Å². The number of carboxylic acids is 1. The van der Waals surface area contributed by atoms with Crippen molar-refractivity contribution >= 4 is 12.0 Å². The summed E-state index contributed by atoms with van der Waals surface area (Å²) < 4.78 is 0. The van der Waals surface area contributed by atoms with Crippen LogP contribution in [0.1, 0.15) is 62.9 Å². The van der Waals surface area contributed by atoms with E-state index in [0.29, 0.717) is 5.56 Å². The van der Waals surface area contributed by atoms with Crippen LogP contribution in [0.4, 0.5) is 0 Å². The molecule has 0 heterocycles. The zero-order valence-electron chi connectivity index (χ0n) is 14.5. The van der Waals surface area contributed by atoms with Crippen molar-refractivity contribution in [3.63, 3.8) is 0 Å². The maximum Gasteiger partial charge on any atom is 0.335 e. The Morgan fingerprint density at radius 1 is 1.22 bits per heavy atom. The zero-order chi connectivity index (χ0) is 17.0. The average molecular weight is 310 g/mol. The first-order valence-corrected chi connectivity index (χ1v) is 8.19. The topological polar surface area (TPSA) is 37.3 Å². The Kier molecular flexibility index (Phi) is 5.25. The highest BCUT2D eigenvalue weighted by atomic mass is 16.4. The molecule has 0 bridgehead atoms. The van der Waals surface area contributed by atoms with Crippen LogP contribution in [-0.4, -0.2) is 11.1 Å². The molecule has 2 rings (SSSR count). The van der Waals surface area contributed by atoms with Gasteiger partial charge in [-0.15, -0.1) is 0 Å². The first-order chi connectivity index (χ1) is 10.8. The molecule has 2 heteroatoms. The summed E-state index contributed by atoms with van der Waals surface area (Å²) in [6, 6.07) is 6.97. The van der Waals surface area contributed by atoms with Gasteiger partial charge in [-0.1, -0.05) is 55.4 Å². The van der Waals surface area contributed by atoms with Gasteiger partial charge in [-0.2, -0.15) is 0 Å². The first-order valence-electron chi connectivity index (χ1n) is 8.19. The molecule has 2 nitrogen and oxygen atoms in total. The van der Waals surface area contributed by atoms with Gasteiger partial charge in [0.25, 0.3) is 0 Å². The molecule has 1 aliphatic rings. The molecule has 0 fully saturated rings. The average Bonchev–Trinajstić information content (AvgIpc) is 2.46. The van der Waals surface area contributed by atoms with Gasteiger partial charge in [-0.25, -0.2) is 4.79 Å². The molecular formula is C21H26O2. The summed E-state index contributed by atoms with van der Waals surface area (Å²) in [6.07, 6.45) is 10.2. The van der Waals surface area contributed by atoms with Crippen molar-refractivity contribution in [1.82, 2.24) is 0 Å². The highest BCUT2D eigenvalue weighted by Crippen LogP contribution is 2.40. The minimum atomic E-state index is -0.890. The van der Waals surface area contributed by atoms with Crippen LogP contribution < -0.4 is 0 Å². The number of hydrogen-bond donors (Lipinski definition) is 1. The van der Waals surface area contributed by atoms with Gasteiger partial charge in [0.2, 0.25) is 0 Å². The fraction of sp³-hybridized carbons (Fsp3) is 0.381. The second-order valence-corrected chi connectivity index (χ2v) is 7.08. The van der Waals surface area contributed by atoms with Crippen LogP contribution in [0.15, 0.2) is 53.1 Å². The molecule has 122 valence electrons. The number of carbonyl (C=O) groups is 1. The lowest BCUT2D eigenvalue weighted by atomic mass is 9.72. The van der Waals surface area contributed by atoms with Crippen LogP contribution in [-0.2, 0) is 0 Å². The number of aromatic carboxylic acids is 1. The third-order valence-corrected chi connectivity index (χ3v) is 4.61. The molecule has 23 heavy (non-hydrogen) atoms. The van der Waals surface area contributed by atoms with Gasteiger partial charge in [-0.05, 0) is 61.8 Å². The second-order valence-electron chi connectivity index (χ2n) is 7.08. The summed E-state index contributed by atoms with van der Waals surface area (Å²) in [5.41, 5.74) is 5.71. The van der Waals surface area contributed by atoms with E-state index < -0.39 is 5.97 Å². The molecule has 0 amide bonds. The number of benzene rings is 1. The molecule has 1 aromatic carbocycles. The predicted octanol–water partition coefficient (Wildman–Crippen LogP) is 5.87. The third-order valence-electron chi connectivity index (χ3n) is 4.61. The molecule has 0 aromatic heterocycles. The summed E-state index contributed by atoms with van der Waals surface area (Å²) in [5, 5.41) is 8.93. The van der Waals surface area contributed by atoms with Gasteiger partial charge < -0.3 is 5.11 Å². The molecule has 0 radical (unpaired) electrons. The summed E-state index contributed by atoms with van der Waals surface area (Å²) in [6.45, 7) is 8.95. The summed E-state index contributed by atoms with van der Waals surface area (Å²) in [7, 11) is 0. The Labute approximate surface area is 139 Å². The van der Waals surface area contributed by atoms with E-state index in [1.54, 1.807) is 12.1 Å². The van der Waals surface area contributed by atoms with Crippen molar-refractivity contribution in [2.45, 2.75) is 47.0 Å². The summed E-state index contributed by atoms with van der Waals surface area (Å²) in [5.74, 6) is -0.890. The molecule has 0 aliphatic heterocycles. The van der Waals surface area contributed by atoms with Crippen molar-refractivity contribution < 1.29 is 9.90 Å². The molecule has 0 saturated carbocycles. The standard InChI is InChI=1S/C21H26O2/c1-15(14-17-8-10-18(11-9-17)20(22)23)7-12-19-16(2)6-5-13-21(19,3)4/h7-12,14H,5-6,13H2,1-4H3,(H,22,23)/b12-7+,15-14+. The van der Waals surface area contributed by atoms with E-state index in [9.17, 15) is 4.79 Å².